The van der Waals surface area contributed by atoms with E-state index in [0.717, 1.165) is 5.56 Å². The van der Waals surface area contributed by atoms with Crippen LogP contribution in [0.5, 0.6) is 23.0 Å². The molecule has 7 nitrogen and oxygen atoms in total. The zero-order valence-electron chi connectivity index (χ0n) is 18.3. The van der Waals surface area contributed by atoms with E-state index in [9.17, 15) is 9.59 Å². The van der Waals surface area contributed by atoms with Gasteiger partial charge in [-0.25, -0.2) is 0 Å². The Balaban J connectivity index is 1.63. The van der Waals surface area contributed by atoms with Gasteiger partial charge in [0.2, 0.25) is 5.75 Å². The predicted octanol–water partition coefficient (Wildman–Crippen LogP) is 5.43. The largest absolute Gasteiger partial charge is 0.493 e. The van der Waals surface area contributed by atoms with Crippen LogP contribution in [-0.2, 0) is 0 Å². The van der Waals surface area contributed by atoms with Gasteiger partial charge in [-0.3, -0.25) is 9.59 Å². The first kappa shape index (κ1) is 22.7. The molecule has 0 fully saturated rings. The van der Waals surface area contributed by atoms with E-state index in [1.54, 1.807) is 30.3 Å². The Hall–Kier alpha value is -3.52. The molecule has 8 heteroatoms. The lowest BCUT2D eigenvalue weighted by atomic mass is 9.94. The minimum Gasteiger partial charge on any atom is -0.493 e. The van der Waals surface area contributed by atoms with Crippen LogP contribution in [0.1, 0.15) is 38.8 Å². The number of benzene rings is 3. The maximum atomic E-state index is 13.1. The molecular formula is C25H22BrNO6. The molecule has 0 radical (unpaired) electrons. The van der Waals surface area contributed by atoms with Crippen LogP contribution in [0.2, 0.25) is 0 Å². The highest BCUT2D eigenvalue weighted by Crippen LogP contribution is 2.49. The molecule has 1 heterocycles. The third-order valence-corrected chi connectivity index (χ3v) is 6.04. The summed E-state index contributed by atoms with van der Waals surface area (Å²) in [5.41, 5.74) is 2.20. The number of Topliss-reactive ketones (excluding diaryl/α,β-unsaturated/α-hetero) is 1. The van der Waals surface area contributed by atoms with E-state index < -0.39 is 6.10 Å². The Labute approximate surface area is 199 Å². The average molecular weight is 512 g/mol. The van der Waals surface area contributed by atoms with Crippen molar-refractivity contribution in [2.75, 3.05) is 26.6 Å². The summed E-state index contributed by atoms with van der Waals surface area (Å²) in [5.74, 6) is 0.994. The van der Waals surface area contributed by atoms with Gasteiger partial charge in [0.1, 0.15) is 17.4 Å². The van der Waals surface area contributed by atoms with E-state index in [1.807, 2.05) is 24.3 Å². The van der Waals surface area contributed by atoms with Gasteiger partial charge in [-0.05, 0) is 45.8 Å². The summed E-state index contributed by atoms with van der Waals surface area (Å²) in [6.45, 7) is 0. The normalized spacial score (nSPS) is 14.7. The standard InChI is InChI=1S/C25H22BrNO6/c1-30-21-13-20-22(24(32-3)23(21)31-2)18(28)12-19(33-20)14-7-6-8-15(11-14)27-25(29)16-9-4-5-10-17(16)26/h4-11,13,19H,12H2,1-3H3,(H,27,29). The maximum absolute atomic E-state index is 13.1. The third-order valence-electron chi connectivity index (χ3n) is 5.35. The molecule has 1 amide bonds. The second-order valence-electron chi connectivity index (χ2n) is 7.31. The van der Waals surface area contributed by atoms with E-state index in [-0.39, 0.29) is 23.9 Å². The summed E-state index contributed by atoms with van der Waals surface area (Å²) in [7, 11) is 4.45. The molecule has 0 spiro atoms. The molecule has 1 N–H and O–H groups in total. The van der Waals surface area contributed by atoms with Crippen molar-refractivity contribution in [2.24, 2.45) is 0 Å². The summed E-state index contributed by atoms with van der Waals surface area (Å²) < 4.78 is 23.1. The number of anilines is 1. The van der Waals surface area contributed by atoms with Crippen molar-refractivity contribution in [3.8, 4) is 23.0 Å². The number of carbonyl (C=O) groups is 2. The number of ketones is 1. The second kappa shape index (κ2) is 9.54. The van der Waals surface area contributed by atoms with Gasteiger partial charge in [-0.2, -0.15) is 0 Å². The van der Waals surface area contributed by atoms with Crippen molar-refractivity contribution >= 4 is 33.3 Å². The number of halogens is 1. The number of hydrogen-bond donors (Lipinski definition) is 1. The molecule has 0 aromatic heterocycles. The molecule has 0 bridgehead atoms. The summed E-state index contributed by atoms with van der Waals surface area (Å²) in [6.07, 6.45) is -0.423. The van der Waals surface area contributed by atoms with E-state index in [2.05, 4.69) is 21.2 Å². The monoisotopic (exact) mass is 511 g/mol. The molecule has 170 valence electrons. The molecule has 3 aromatic carbocycles. The van der Waals surface area contributed by atoms with Crippen LogP contribution >= 0.6 is 15.9 Å². The lowest BCUT2D eigenvalue weighted by Gasteiger charge is -2.28. The van der Waals surface area contributed by atoms with Gasteiger partial charge in [0.25, 0.3) is 5.91 Å². The number of ether oxygens (including phenoxy) is 4. The number of methoxy groups -OCH3 is 3. The van der Waals surface area contributed by atoms with Crippen LogP contribution in [0.25, 0.3) is 0 Å². The van der Waals surface area contributed by atoms with Crippen LogP contribution in [-0.4, -0.2) is 33.0 Å². The first-order valence-electron chi connectivity index (χ1n) is 10.2. The number of carbonyl (C=O) groups excluding carboxylic acids is 2. The lowest BCUT2D eigenvalue weighted by molar-refractivity contribution is 0.0842. The Morgan fingerprint density at radius 2 is 1.76 bits per heavy atom. The minimum atomic E-state index is -0.534. The summed E-state index contributed by atoms with van der Waals surface area (Å²) in [5, 5.41) is 2.89. The number of hydrogen-bond acceptors (Lipinski definition) is 6. The van der Waals surface area contributed by atoms with Gasteiger partial charge in [0.15, 0.2) is 17.3 Å². The highest BCUT2D eigenvalue weighted by Gasteiger charge is 2.34. The number of nitrogens with one attached hydrogen (secondary N) is 1. The Bertz CT molecular complexity index is 1230. The Morgan fingerprint density at radius 3 is 2.45 bits per heavy atom. The molecule has 1 atom stereocenters. The lowest BCUT2D eigenvalue weighted by Crippen LogP contribution is -2.22. The molecule has 0 aliphatic carbocycles. The summed E-state index contributed by atoms with van der Waals surface area (Å²) in [6, 6.07) is 16.1. The van der Waals surface area contributed by atoms with Crippen molar-refractivity contribution in [3.05, 3.63) is 75.8 Å². The topological polar surface area (TPSA) is 83.1 Å². The molecule has 0 saturated carbocycles. The molecule has 1 unspecified atom stereocenters. The van der Waals surface area contributed by atoms with Crippen LogP contribution in [0.3, 0.4) is 0 Å². The fourth-order valence-electron chi connectivity index (χ4n) is 3.80. The SMILES string of the molecule is COc1cc2c(c(OC)c1OC)C(=O)CC(c1cccc(NC(=O)c3ccccc3Br)c1)O2. The Morgan fingerprint density at radius 1 is 1.00 bits per heavy atom. The van der Waals surface area contributed by atoms with Gasteiger partial charge >= 0.3 is 0 Å². The van der Waals surface area contributed by atoms with Crippen LogP contribution in [0.4, 0.5) is 5.69 Å². The van der Waals surface area contributed by atoms with Crippen molar-refractivity contribution in [3.63, 3.8) is 0 Å². The van der Waals surface area contributed by atoms with Crippen LogP contribution in [0.15, 0.2) is 59.1 Å². The van der Waals surface area contributed by atoms with E-state index in [1.165, 1.54) is 21.3 Å². The zero-order valence-corrected chi connectivity index (χ0v) is 19.9. The van der Waals surface area contributed by atoms with Crippen molar-refractivity contribution in [1.29, 1.82) is 0 Å². The summed E-state index contributed by atoms with van der Waals surface area (Å²) in [4.78, 5) is 25.7. The van der Waals surface area contributed by atoms with Crippen molar-refractivity contribution in [2.45, 2.75) is 12.5 Å². The fourth-order valence-corrected chi connectivity index (χ4v) is 4.27. The molecule has 4 rings (SSSR count). The first-order chi connectivity index (χ1) is 16.0. The molecule has 33 heavy (non-hydrogen) atoms. The van der Waals surface area contributed by atoms with Crippen LogP contribution < -0.4 is 24.3 Å². The van der Waals surface area contributed by atoms with E-state index in [4.69, 9.17) is 18.9 Å². The van der Waals surface area contributed by atoms with Crippen LogP contribution in [0, 0.1) is 0 Å². The van der Waals surface area contributed by atoms with Crippen molar-refractivity contribution < 1.29 is 28.5 Å². The van der Waals surface area contributed by atoms with Gasteiger partial charge in [-0.1, -0.05) is 24.3 Å². The highest BCUT2D eigenvalue weighted by atomic mass is 79.9. The minimum absolute atomic E-state index is 0.112. The molecule has 1 aliphatic rings. The smallest absolute Gasteiger partial charge is 0.256 e. The Kier molecular flexibility index (Phi) is 6.55. The van der Waals surface area contributed by atoms with Gasteiger partial charge in [0, 0.05) is 16.2 Å². The third kappa shape index (κ3) is 4.39. The zero-order chi connectivity index (χ0) is 23.5. The number of amides is 1. The fraction of sp³-hybridized carbons (Fsp3) is 0.200. The maximum Gasteiger partial charge on any atom is 0.256 e. The van der Waals surface area contributed by atoms with Crippen molar-refractivity contribution in [1.82, 2.24) is 0 Å². The molecule has 0 saturated heterocycles. The first-order valence-corrected chi connectivity index (χ1v) is 10.9. The molecular weight excluding hydrogens is 490 g/mol. The molecule has 1 aliphatic heterocycles. The predicted molar refractivity (Wildman–Crippen MR) is 127 cm³/mol. The molecule has 3 aromatic rings. The van der Waals surface area contributed by atoms with Gasteiger partial charge < -0.3 is 24.3 Å². The highest BCUT2D eigenvalue weighted by molar-refractivity contribution is 9.10. The van der Waals surface area contributed by atoms with E-state index >= 15 is 0 Å². The van der Waals surface area contributed by atoms with Gasteiger partial charge in [0.05, 0.1) is 33.3 Å². The average Bonchev–Trinajstić information content (AvgIpc) is 2.82. The summed E-state index contributed by atoms with van der Waals surface area (Å²) >= 11 is 3.40. The van der Waals surface area contributed by atoms with E-state index in [0.29, 0.717) is 38.5 Å². The quantitative estimate of drug-likeness (QED) is 0.474. The second-order valence-corrected chi connectivity index (χ2v) is 8.17. The number of fused-ring (bicyclic) bond motifs is 1. The van der Waals surface area contributed by atoms with Gasteiger partial charge in [-0.15, -0.1) is 0 Å². The number of rotatable bonds is 6.